The van der Waals surface area contributed by atoms with Gasteiger partial charge in [0.2, 0.25) is 0 Å². The number of carboxylic acid groups (broad SMARTS) is 1. The minimum absolute atomic E-state index is 0.0218. The standard InChI is InChI=1S/C20H22ClNO5S/c21-11-1-3-12(4-2-11)26-8-7-13-14-5-6-17(27-18(14)9-16(13)23)19-22-15(10-28-19)20(24)25/h1-4,10,13-14,16-18,23H,5-9H2,(H,24,25)/t13-,14-,16-,17-,18+/m1/s1. The van der Waals surface area contributed by atoms with Crippen LogP contribution < -0.4 is 4.74 Å². The molecule has 0 bridgehead atoms. The van der Waals surface area contributed by atoms with Crippen LogP contribution in [0.15, 0.2) is 29.6 Å². The number of benzene rings is 1. The Morgan fingerprint density at radius 3 is 2.82 bits per heavy atom. The molecule has 0 spiro atoms. The second-order valence-electron chi connectivity index (χ2n) is 7.34. The van der Waals surface area contributed by atoms with Crippen molar-refractivity contribution in [1.29, 1.82) is 0 Å². The van der Waals surface area contributed by atoms with E-state index in [1.807, 2.05) is 12.1 Å². The Morgan fingerprint density at radius 1 is 1.32 bits per heavy atom. The lowest BCUT2D eigenvalue weighted by atomic mass is 9.85. The van der Waals surface area contributed by atoms with E-state index in [9.17, 15) is 9.90 Å². The number of hydrogen-bond acceptors (Lipinski definition) is 6. The van der Waals surface area contributed by atoms with Crippen LogP contribution >= 0.6 is 22.9 Å². The number of halogens is 1. The minimum Gasteiger partial charge on any atom is -0.494 e. The molecule has 5 atom stereocenters. The van der Waals surface area contributed by atoms with Crippen LogP contribution in [0.3, 0.4) is 0 Å². The molecule has 1 saturated heterocycles. The van der Waals surface area contributed by atoms with Crippen LogP contribution in [0.2, 0.25) is 5.02 Å². The van der Waals surface area contributed by atoms with Crippen LogP contribution in [0.5, 0.6) is 5.75 Å². The topological polar surface area (TPSA) is 88.9 Å². The minimum atomic E-state index is -1.02. The number of fused-ring (bicyclic) bond motifs is 1. The first kappa shape index (κ1) is 19.6. The molecule has 1 aromatic carbocycles. The number of aromatic nitrogens is 1. The Hall–Kier alpha value is -1.67. The highest BCUT2D eigenvalue weighted by Crippen LogP contribution is 2.47. The molecule has 1 saturated carbocycles. The van der Waals surface area contributed by atoms with Gasteiger partial charge in [0.05, 0.1) is 18.8 Å². The lowest BCUT2D eigenvalue weighted by Gasteiger charge is -2.34. The molecule has 2 fully saturated rings. The van der Waals surface area contributed by atoms with Gasteiger partial charge in [-0.05, 0) is 55.4 Å². The van der Waals surface area contributed by atoms with Gasteiger partial charge in [-0.2, -0.15) is 0 Å². The molecule has 150 valence electrons. The van der Waals surface area contributed by atoms with Gasteiger partial charge in [0.25, 0.3) is 0 Å². The van der Waals surface area contributed by atoms with E-state index in [1.54, 1.807) is 17.5 Å². The van der Waals surface area contributed by atoms with Gasteiger partial charge in [0.1, 0.15) is 16.9 Å². The number of carbonyl (C=O) groups is 1. The summed E-state index contributed by atoms with van der Waals surface area (Å²) in [4.78, 5) is 15.2. The van der Waals surface area contributed by atoms with Gasteiger partial charge in [-0.1, -0.05) is 11.6 Å². The average Bonchev–Trinajstić information content (AvgIpc) is 3.28. The summed E-state index contributed by atoms with van der Waals surface area (Å²) >= 11 is 7.21. The van der Waals surface area contributed by atoms with Gasteiger partial charge < -0.3 is 19.7 Å². The molecule has 1 aliphatic carbocycles. The molecule has 28 heavy (non-hydrogen) atoms. The van der Waals surface area contributed by atoms with Crippen LogP contribution in [0, 0.1) is 11.8 Å². The van der Waals surface area contributed by atoms with E-state index in [4.69, 9.17) is 26.2 Å². The third-order valence-corrected chi connectivity index (χ3v) is 6.84. The third kappa shape index (κ3) is 4.17. The van der Waals surface area contributed by atoms with Gasteiger partial charge in [0.15, 0.2) is 5.69 Å². The highest BCUT2D eigenvalue weighted by molar-refractivity contribution is 7.09. The SMILES string of the molecule is O=C(O)c1csc([C@H]2CC[C@@H]3[C@@H](CCOc4ccc(Cl)cc4)[C@H](O)C[C@@H]3O2)n1. The Bertz CT molecular complexity index is 826. The Labute approximate surface area is 172 Å². The van der Waals surface area contributed by atoms with E-state index < -0.39 is 12.1 Å². The highest BCUT2D eigenvalue weighted by atomic mass is 35.5. The maximum Gasteiger partial charge on any atom is 0.355 e. The van der Waals surface area contributed by atoms with Crippen LogP contribution in [-0.4, -0.2) is 40.0 Å². The predicted molar refractivity (Wildman–Crippen MR) is 105 cm³/mol. The summed E-state index contributed by atoms with van der Waals surface area (Å²) in [6.45, 7) is 0.532. The van der Waals surface area contributed by atoms with Crippen molar-refractivity contribution >= 4 is 28.9 Å². The molecule has 2 aromatic rings. The van der Waals surface area contributed by atoms with Gasteiger partial charge in [-0.15, -0.1) is 11.3 Å². The summed E-state index contributed by atoms with van der Waals surface area (Å²) in [6, 6.07) is 7.26. The molecular formula is C20H22ClNO5S. The van der Waals surface area contributed by atoms with E-state index in [0.717, 1.165) is 25.0 Å². The van der Waals surface area contributed by atoms with E-state index in [0.29, 0.717) is 29.0 Å². The number of carboxylic acids is 1. The van der Waals surface area contributed by atoms with E-state index in [-0.39, 0.29) is 23.8 Å². The summed E-state index contributed by atoms with van der Waals surface area (Å²) in [6.07, 6.45) is 2.47. The summed E-state index contributed by atoms with van der Waals surface area (Å²) < 4.78 is 12.0. The number of rotatable bonds is 6. The molecule has 2 aliphatic rings. The zero-order valence-corrected chi connectivity index (χ0v) is 16.7. The molecule has 8 heteroatoms. The zero-order chi connectivity index (χ0) is 19.7. The number of thiazole rings is 1. The number of aliphatic hydroxyl groups is 1. The number of ether oxygens (including phenoxy) is 2. The first-order valence-corrected chi connectivity index (χ1v) is 10.7. The van der Waals surface area contributed by atoms with Gasteiger partial charge in [0, 0.05) is 16.8 Å². The van der Waals surface area contributed by atoms with E-state index >= 15 is 0 Å². The summed E-state index contributed by atoms with van der Waals surface area (Å²) in [5, 5.41) is 22.5. The summed E-state index contributed by atoms with van der Waals surface area (Å²) in [7, 11) is 0. The van der Waals surface area contributed by atoms with Crippen molar-refractivity contribution in [3.8, 4) is 5.75 Å². The van der Waals surface area contributed by atoms with E-state index in [1.165, 1.54) is 11.3 Å². The molecule has 2 N–H and O–H groups in total. The second-order valence-corrected chi connectivity index (χ2v) is 8.66. The van der Waals surface area contributed by atoms with Gasteiger partial charge >= 0.3 is 5.97 Å². The maximum absolute atomic E-state index is 11.0. The van der Waals surface area contributed by atoms with Crippen LogP contribution in [0.25, 0.3) is 0 Å². The fourth-order valence-corrected chi connectivity index (χ4v) is 5.28. The molecule has 4 rings (SSSR count). The van der Waals surface area contributed by atoms with Crippen molar-refractivity contribution in [2.24, 2.45) is 11.8 Å². The summed E-state index contributed by atoms with van der Waals surface area (Å²) in [5.41, 5.74) is 0.0643. The van der Waals surface area contributed by atoms with Gasteiger partial charge in [-0.3, -0.25) is 0 Å². The number of aliphatic hydroxyl groups excluding tert-OH is 1. The predicted octanol–water partition coefficient (Wildman–Crippen LogP) is 4.18. The van der Waals surface area contributed by atoms with E-state index in [2.05, 4.69) is 4.98 Å². The average molecular weight is 424 g/mol. The molecular weight excluding hydrogens is 402 g/mol. The van der Waals surface area contributed by atoms with Crippen molar-refractivity contribution in [3.05, 3.63) is 45.4 Å². The quantitative estimate of drug-likeness (QED) is 0.724. The fraction of sp³-hybridized carbons (Fsp3) is 0.500. The molecule has 0 amide bonds. The van der Waals surface area contributed by atoms with Crippen molar-refractivity contribution < 1.29 is 24.5 Å². The first-order chi connectivity index (χ1) is 13.5. The molecule has 0 radical (unpaired) electrons. The molecule has 1 aliphatic heterocycles. The van der Waals surface area contributed by atoms with Crippen LogP contribution in [0.1, 0.15) is 47.3 Å². The normalized spacial score (nSPS) is 29.4. The number of aromatic carboxylic acids is 1. The van der Waals surface area contributed by atoms with Crippen LogP contribution in [0.4, 0.5) is 0 Å². The van der Waals surface area contributed by atoms with Crippen molar-refractivity contribution in [2.45, 2.75) is 44.0 Å². The van der Waals surface area contributed by atoms with Crippen molar-refractivity contribution in [2.75, 3.05) is 6.61 Å². The van der Waals surface area contributed by atoms with Crippen molar-refractivity contribution in [3.63, 3.8) is 0 Å². The molecule has 2 heterocycles. The molecule has 1 aromatic heterocycles. The smallest absolute Gasteiger partial charge is 0.355 e. The number of hydrogen-bond donors (Lipinski definition) is 2. The monoisotopic (exact) mass is 423 g/mol. The van der Waals surface area contributed by atoms with Crippen LogP contribution in [-0.2, 0) is 4.74 Å². The second kappa shape index (κ2) is 8.37. The lowest BCUT2D eigenvalue weighted by Crippen LogP contribution is -2.31. The largest absolute Gasteiger partial charge is 0.494 e. The maximum atomic E-state index is 11.0. The third-order valence-electron chi connectivity index (χ3n) is 5.65. The lowest BCUT2D eigenvalue weighted by molar-refractivity contribution is -0.0798. The van der Waals surface area contributed by atoms with Crippen molar-refractivity contribution in [1.82, 2.24) is 4.98 Å². The Kier molecular flexibility index (Phi) is 5.87. The Morgan fingerprint density at radius 2 is 2.11 bits per heavy atom. The first-order valence-electron chi connectivity index (χ1n) is 9.42. The number of nitrogens with zero attached hydrogens (tertiary/aromatic N) is 1. The highest BCUT2D eigenvalue weighted by Gasteiger charge is 2.46. The Balaban J connectivity index is 1.33. The van der Waals surface area contributed by atoms with Gasteiger partial charge in [-0.25, -0.2) is 9.78 Å². The fourth-order valence-electron chi connectivity index (χ4n) is 4.29. The molecule has 6 nitrogen and oxygen atoms in total. The molecule has 0 unspecified atom stereocenters. The zero-order valence-electron chi connectivity index (χ0n) is 15.2. The summed E-state index contributed by atoms with van der Waals surface area (Å²) in [5.74, 6) is 0.183.